The van der Waals surface area contributed by atoms with E-state index in [2.05, 4.69) is 32.6 Å². The maximum absolute atomic E-state index is 6.16. The van der Waals surface area contributed by atoms with Crippen LogP contribution >= 0.6 is 0 Å². The predicted octanol–water partition coefficient (Wildman–Crippen LogP) is 2.87. The largest absolute Gasteiger partial charge is 0.327 e. The number of nitrogens with two attached hydrogens (primary N) is 1. The lowest BCUT2D eigenvalue weighted by atomic mass is 9.80. The van der Waals surface area contributed by atoms with E-state index >= 15 is 0 Å². The third kappa shape index (κ3) is 5.31. The number of rotatable bonds is 4. The molecule has 2 atom stereocenters. The van der Waals surface area contributed by atoms with Crippen LogP contribution in [0.25, 0.3) is 0 Å². The fourth-order valence-electron chi connectivity index (χ4n) is 2.93. The molecule has 1 aliphatic heterocycles. The predicted molar refractivity (Wildman–Crippen MR) is 71.5 cm³/mol. The van der Waals surface area contributed by atoms with Gasteiger partial charge in [0.05, 0.1) is 0 Å². The normalized spacial score (nSPS) is 28.3. The van der Waals surface area contributed by atoms with Crippen molar-refractivity contribution in [1.82, 2.24) is 4.90 Å². The summed E-state index contributed by atoms with van der Waals surface area (Å²) >= 11 is 0. The van der Waals surface area contributed by atoms with Crippen molar-refractivity contribution in [2.75, 3.05) is 19.6 Å². The van der Waals surface area contributed by atoms with Crippen LogP contribution in [0.2, 0.25) is 0 Å². The molecule has 0 aromatic carbocycles. The van der Waals surface area contributed by atoms with Crippen LogP contribution in [0.5, 0.6) is 0 Å². The van der Waals surface area contributed by atoms with Crippen LogP contribution in [-0.2, 0) is 0 Å². The Morgan fingerprint density at radius 2 is 1.94 bits per heavy atom. The molecule has 2 N–H and O–H groups in total. The quantitative estimate of drug-likeness (QED) is 0.798. The second-order valence-corrected chi connectivity index (χ2v) is 6.74. The van der Waals surface area contributed by atoms with Gasteiger partial charge in [0.25, 0.3) is 0 Å². The second kappa shape index (κ2) is 6.02. The first-order valence-electron chi connectivity index (χ1n) is 6.88. The molecule has 0 aromatic rings. The molecule has 2 nitrogen and oxygen atoms in total. The van der Waals surface area contributed by atoms with E-state index in [1.54, 1.807) is 0 Å². The van der Waals surface area contributed by atoms with Crippen LogP contribution in [0.15, 0.2) is 0 Å². The molecule has 1 saturated heterocycles. The lowest BCUT2D eigenvalue weighted by Gasteiger charge is -2.38. The van der Waals surface area contributed by atoms with E-state index < -0.39 is 0 Å². The molecule has 96 valence electrons. The molecule has 1 rings (SSSR count). The number of hydrogen-bond acceptors (Lipinski definition) is 2. The number of unbranched alkanes of at least 4 members (excludes halogenated alkanes) is 1. The Labute approximate surface area is 102 Å². The third-order valence-electron chi connectivity index (χ3n) is 3.37. The lowest BCUT2D eigenvalue weighted by molar-refractivity contribution is 0.125. The minimum atomic E-state index is 0.401. The summed E-state index contributed by atoms with van der Waals surface area (Å²) < 4.78 is 0. The molecule has 0 radical (unpaired) electrons. The first kappa shape index (κ1) is 14.0. The molecule has 0 amide bonds. The van der Waals surface area contributed by atoms with Crippen molar-refractivity contribution in [3.63, 3.8) is 0 Å². The third-order valence-corrected chi connectivity index (χ3v) is 3.37. The fraction of sp³-hybridized carbons (Fsp3) is 1.00. The van der Waals surface area contributed by atoms with Crippen molar-refractivity contribution >= 4 is 0 Å². The molecule has 0 aromatic heterocycles. The SMILES string of the molecule is CCCCN1CC(N)CC(CC(C)(C)C)C1. The molecule has 1 heterocycles. The zero-order chi connectivity index (χ0) is 12.2. The molecule has 0 aliphatic carbocycles. The van der Waals surface area contributed by atoms with Crippen molar-refractivity contribution in [2.45, 2.75) is 59.4 Å². The minimum Gasteiger partial charge on any atom is -0.327 e. The Kier molecular flexibility index (Phi) is 5.26. The average molecular weight is 226 g/mol. The highest BCUT2D eigenvalue weighted by Gasteiger charge is 2.27. The topological polar surface area (TPSA) is 29.3 Å². The van der Waals surface area contributed by atoms with Crippen LogP contribution in [-0.4, -0.2) is 30.6 Å². The van der Waals surface area contributed by atoms with Gasteiger partial charge in [-0.05, 0) is 37.1 Å². The molecular formula is C14H30N2. The summed E-state index contributed by atoms with van der Waals surface area (Å²) in [6, 6.07) is 0.401. The van der Waals surface area contributed by atoms with Crippen molar-refractivity contribution in [1.29, 1.82) is 0 Å². The van der Waals surface area contributed by atoms with Gasteiger partial charge in [0, 0.05) is 19.1 Å². The average Bonchev–Trinajstić information content (AvgIpc) is 2.10. The van der Waals surface area contributed by atoms with E-state index in [0.717, 1.165) is 12.5 Å². The molecule has 0 saturated carbocycles. The van der Waals surface area contributed by atoms with E-state index in [1.165, 1.54) is 38.8 Å². The van der Waals surface area contributed by atoms with Crippen LogP contribution in [0.3, 0.4) is 0 Å². The number of piperidine rings is 1. The summed E-state index contributed by atoms with van der Waals surface area (Å²) in [4.78, 5) is 2.58. The van der Waals surface area contributed by atoms with E-state index in [1.807, 2.05) is 0 Å². The summed E-state index contributed by atoms with van der Waals surface area (Å²) in [6.45, 7) is 12.9. The fourth-order valence-corrected chi connectivity index (χ4v) is 2.93. The summed E-state index contributed by atoms with van der Waals surface area (Å²) in [5, 5.41) is 0. The van der Waals surface area contributed by atoms with Gasteiger partial charge >= 0.3 is 0 Å². The molecule has 1 aliphatic rings. The number of nitrogens with zero attached hydrogens (tertiary/aromatic N) is 1. The maximum atomic E-state index is 6.16. The number of hydrogen-bond donors (Lipinski definition) is 1. The van der Waals surface area contributed by atoms with E-state index in [0.29, 0.717) is 11.5 Å². The Morgan fingerprint density at radius 1 is 1.25 bits per heavy atom. The summed E-state index contributed by atoms with van der Waals surface area (Å²) in [7, 11) is 0. The zero-order valence-electron chi connectivity index (χ0n) is 11.6. The molecule has 1 fully saturated rings. The van der Waals surface area contributed by atoms with Gasteiger partial charge in [-0.15, -0.1) is 0 Å². The van der Waals surface area contributed by atoms with Gasteiger partial charge in [0.2, 0.25) is 0 Å². The molecular weight excluding hydrogens is 196 g/mol. The highest BCUT2D eigenvalue weighted by molar-refractivity contribution is 4.83. The van der Waals surface area contributed by atoms with Gasteiger partial charge in [-0.1, -0.05) is 34.1 Å². The van der Waals surface area contributed by atoms with Crippen molar-refractivity contribution in [2.24, 2.45) is 17.1 Å². The van der Waals surface area contributed by atoms with Crippen LogP contribution < -0.4 is 5.73 Å². The van der Waals surface area contributed by atoms with Gasteiger partial charge < -0.3 is 10.6 Å². The van der Waals surface area contributed by atoms with Crippen LogP contribution in [0.4, 0.5) is 0 Å². The Bertz CT molecular complexity index is 195. The highest BCUT2D eigenvalue weighted by Crippen LogP contribution is 2.29. The summed E-state index contributed by atoms with van der Waals surface area (Å²) in [5.41, 5.74) is 6.61. The Morgan fingerprint density at radius 3 is 2.50 bits per heavy atom. The second-order valence-electron chi connectivity index (χ2n) is 6.74. The Balaban J connectivity index is 2.41. The summed E-state index contributed by atoms with van der Waals surface area (Å²) in [5.74, 6) is 0.806. The van der Waals surface area contributed by atoms with Crippen LogP contribution in [0.1, 0.15) is 53.4 Å². The molecule has 0 spiro atoms. The smallest absolute Gasteiger partial charge is 0.0170 e. The van der Waals surface area contributed by atoms with E-state index in [9.17, 15) is 0 Å². The highest BCUT2D eigenvalue weighted by atomic mass is 15.1. The first-order valence-corrected chi connectivity index (χ1v) is 6.88. The minimum absolute atomic E-state index is 0.401. The van der Waals surface area contributed by atoms with E-state index in [4.69, 9.17) is 5.73 Å². The Hall–Kier alpha value is -0.0800. The monoisotopic (exact) mass is 226 g/mol. The molecule has 16 heavy (non-hydrogen) atoms. The van der Waals surface area contributed by atoms with Crippen LogP contribution in [0, 0.1) is 11.3 Å². The van der Waals surface area contributed by atoms with E-state index in [-0.39, 0.29) is 0 Å². The standard InChI is InChI=1S/C14H30N2/c1-5-6-7-16-10-12(8-13(15)11-16)9-14(2,3)4/h12-13H,5-11,15H2,1-4H3. The first-order chi connectivity index (χ1) is 7.40. The van der Waals surface area contributed by atoms with Gasteiger partial charge in [0.15, 0.2) is 0 Å². The van der Waals surface area contributed by atoms with Gasteiger partial charge in [0.1, 0.15) is 0 Å². The lowest BCUT2D eigenvalue weighted by Crippen LogP contribution is -2.47. The number of likely N-dealkylation sites (tertiary alicyclic amines) is 1. The van der Waals surface area contributed by atoms with Crippen molar-refractivity contribution in [3.05, 3.63) is 0 Å². The molecule has 0 bridgehead atoms. The van der Waals surface area contributed by atoms with Crippen molar-refractivity contribution < 1.29 is 0 Å². The molecule has 2 heteroatoms. The zero-order valence-corrected chi connectivity index (χ0v) is 11.6. The molecule has 2 unspecified atom stereocenters. The van der Waals surface area contributed by atoms with Gasteiger partial charge in [-0.2, -0.15) is 0 Å². The van der Waals surface area contributed by atoms with Gasteiger partial charge in [-0.25, -0.2) is 0 Å². The maximum Gasteiger partial charge on any atom is 0.0170 e. The van der Waals surface area contributed by atoms with Gasteiger partial charge in [-0.3, -0.25) is 0 Å². The van der Waals surface area contributed by atoms with Crippen molar-refractivity contribution in [3.8, 4) is 0 Å². The summed E-state index contributed by atoms with van der Waals surface area (Å²) in [6.07, 6.45) is 5.13.